The Kier molecular flexibility index (Phi) is 6.81. The number of amides is 1. The molecule has 4 rings (SSSR count). The Bertz CT molecular complexity index is 1270. The minimum Gasteiger partial charge on any atom is -0.377 e. The van der Waals surface area contributed by atoms with Crippen LogP contribution in [0.15, 0.2) is 29.1 Å². The third kappa shape index (κ3) is 4.65. The molecule has 1 aliphatic rings. The Morgan fingerprint density at radius 2 is 1.94 bits per heavy atom. The van der Waals surface area contributed by atoms with Gasteiger partial charge in [-0.15, -0.1) is 0 Å². The fraction of sp³-hybridized carbons (Fsp3) is 0.391. The van der Waals surface area contributed by atoms with E-state index in [-0.39, 0.29) is 28.4 Å². The minimum atomic E-state index is -0.336. The number of anilines is 2. The highest BCUT2D eigenvalue weighted by atomic mass is 35.5. The molecule has 1 atom stereocenters. The van der Waals surface area contributed by atoms with Crippen LogP contribution in [0.3, 0.4) is 0 Å². The normalized spacial score (nSPS) is 14.5. The first-order valence-electron chi connectivity index (χ1n) is 10.8. The molecule has 0 radical (unpaired) electrons. The van der Waals surface area contributed by atoms with Gasteiger partial charge in [-0.2, -0.15) is 0 Å². The number of halogens is 1. The van der Waals surface area contributed by atoms with Gasteiger partial charge in [0.1, 0.15) is 5.15 Å². The monoisotopic (exact) mass is 486 g/mol. The number of fused-ring (bicyclic) bond motifs is 1. The molecule has 0 bridgehead atoms. The molecule has 1 aliphatic heterocycles. The van der Waals surface area contributed by atoms with Crippen molar-refractivity contribution in [1.29, 1.82) is 0 Å². The number of nitrogens with one attached hydrogen (secondary N) is 2. The molecular weight excluding hydrogens is 460 g/mol. The van der Waals surface area contributed by atoms with Crippen molar-refractivity contribution in [1.82, 2.24) is 19.3 Å². The standard InChI is InChI=1S/C23H27ClN6O2S/c1-13-11-15(14(2)25-17-7-8-18(24)26-20(17)21(31)28-33-4)19-16(12-13)22(32)29(3)23(27-19)30-9-5-6-10-30/h7-8,11-12,14,25H,5-6,9-10H2,1-4H3,(H,28,31). The van der Waals surface area contributed by atoms with Gasteiger partial charge < -0.3 is 10.2 Å². The number of hydrogen-bond acceptors (Lipinski definition) is 7. The average Bonchev–Trinajstić information content (AvgIpc) is 3.32. The first-order chi connectivity index (χ1) is 15.8. The van der Waals surface area contributed by atoms with E-state index in [4.69, 9.17) is 16.6 Å². The highest BCUT2D eigenvalue weighted by molar-refractivity contribution is 7.97. The Hall–Kier alpha value is -2.78. The largest absolute Gasteiger partial charge is 0.377 e. The molecule has 8 nitrogen and oxygen atoms in total. The maximum atomic E-state index is 13.2. The number of pyridine rings is 1. The van der Waals surface area contributed by atoms with E-state index in [1.165, 1.54) is 11.9 Å². The first-order valence-corrected chi connectivity index (χ1v) is 12.4. The smallest absolute Gasteiger partial charge is 0.281 e. The van der Waals surface area contributed by atoms with Crippen LogP contribution in [0.2, 0.25) is 5.15 Å². The fourth-order valence-corrected chi connectivity index (χ4v) is 4.68. The third-order valence-electron chi connectivity index (χ3n) is 5.83. The molecule has 3 aromatic rings. The minimum absolute atomic E-state index is 0.0627. The van der Waals surface area contributed by atoms with E-state index in [2.05, 4.69) is 19.9 Å². The second kappa shape index (κ2) is 9.61. The molecule has 2 aromatic heterocycles. The number of aryl methyl sites for hydroxylation is 1. The summed E-state index contributed by atoms with van der Waals surface area (Å²) in [5.41, 5.74) is 3.22. The average molecular weight is 487 g/mol. The van der Waals surface area contributed by atoms with Gasteiger partial charge in [-0.3, -0.25) is 18.9 Å². The second-order valence-corrected chi connectivity index (χ2v) is 9.25. The molecule has 1 aromatic carbocycles. The van der Waals surface area contributed by atoms with Crippen molar-refractivity contribution in [3.63, 3.8) is 0 Å². The Morgan fingerprint density at radius 1 is 1.21 bits per heavy atom. The topological polar surface area (TPSA) is 92.2 Å². The van der Waals surface area contributed by atoms with Crippen molar-refractivity contribution in [3.05, 3.63) is 56.6 Å². The van der Waals surface area contributed by atoms with Gasteiger partial charge >= 0.3 is 0 Å². The Balaban J connectivity index is 1.80. The van der Waals surface area contributed by atoms with E-state index in [0.717, 1.165) is 37.1 Å². The zero-order valence-corrected chi connectivity index (χ0v) is 20.7. The molecule has 174 valence electrons. The van der Waals surface area contributed by atoms with Gasteiger partial charge in [-0.05, 0) is 50.5 Å². The number of carbonyl (C=O) groups excluding carboxylic acids is 1. The SMILES string of the molecule is CSNC(=O)c1nc(Cl)ccc1NC(C)c1cc(C)cc2c(=O)n(C)c(N3CCCC3)nc12. The molecule has 3 heterocycles. The zero-order chi connectivity index (χ0) is 23.7. The maximum absolute atomic E-state index is 13.2. The van der Waals surface area contributed by atoms with Crippen LogP contribution in [-0.4, -0.2) is 39.8 Å². The lowest BCUT2D eigenvalue weighted by atomic mass is 10.0. The lowest BCUT2D eigenvalue weighted by molar-refractivity contribution is 0.0980. The lowest BCUT2D eigenvalue weighted by Gasteiger charge is -2.23. The van der Waals surface area contributed by atoms with Gasteiger partial charge in [0, 0.05) is 32.0 Å². The van der Waals surface area contributed by atoms with E-state index >= 15 is 0 Å². The summed E-state index contributed by atoms with van der Waals surface area (Å²) in [6.07, 6.45) is 3.95. The molecule has 1 unspecified atom stereocenters. The summed E-state index contributed by atoms with van der Waals surface area (Å²) in [5, 5.41) is 4.20. The van der Waals surface area contributed by atoms with Crippen molar-refractivity contribution in [2.45, 2.75) is 32.7 Å². The van der Waals surface area contributed by atoms with Gasteiger partial charge in [0.05, 0.1) is 22.6 Å². The number of benzene rings is 1. The zero-order valence-electron chi connectivity index (χ0n) is 19.1. The number of hydrogen-bond donors (Lipinski definition) is 2. The summed E-state index contributed by atoms with van der Waals surface area (Å²) in [7, 11) is 1.78. The number of nitrogens with zero attached hydrogens (tertiary/aromatic N) is 4. The lowest BCUT2D eigenvalue weighted by Crippen LogP contribution is -2.30. The summed E-state index contributed by atoms with van der Waals surface area (Å²) in [4.78, 5) is 37.1. The van der Waals surface area contributed by atoms with Crippen LogP contribution in [-0.2, 0) is 7.05 Å². The molecule has 0 aliphatic carbocycles. The van der Waals surface area contributed by atoms with E-state index in [1.54, 1.807) is 30.0 Å². The fourth-order valence-electron chi connectivity index (χ4n) is 4.25. The molecule has 33 heavy (non-hydrogen) atoms. The molecule has 0 saturated carbocycles. The summed E-state index contributed by atoms with van der Waals surface area (Å²) in [5.74, 6) is 0.354. The molecule has 1 saturated heterocycles. The molecular formula is C23H27ClN6O2S. The van der Waals surface area contributed by atoms with E-state index < -0.39 is 0 Å². The Morgan fingerprint density at radius 3 is 2.64 bits per heavy atom. The van der Waals surface area contributed by atoms with Gasteiger partial charge in [-0.25, -0.2) is 9.97 Å². The van der Waals surface area contributed by atoms with E-state index in [9.17, 15) is 9.59 Å². The first kappa shape index (κ1) is 23.4. The van der Waals surface area contributed by atoms with Gasteiger partial charge in [-0.1, -0.05) is 29.6 Å². The molecule has 2 N–H and O–H groups in total. The number of aromatic nitrogens is 3. The van der Waals surface area contributed by atoms with Crippen LogP contribution in [0.5, 0.6) is 0 Å². The van der Waals surface area contributed by atoms with Crippen molar-refractivity contribution in [2.75, 3.05) is 29.6 Å². The molecule has 0 spiro atoms. The van der Waals surface area contributed by atoms with Crippen molar-refractivity contribution in [2.24, 2.45) is 7.05 Å². The number of carbonyl (C=O) groups is 1. The highest BCUT2D eigenvalue weighted by Crippen LogP contribution is 2.29. The number of rotatable bonds is 6. The van der Waals surface area contributed by atoms with E-state index in [0.29, 0.717) is 22.5 Å². The van der Waals surface area contributed by atoms with Crippen LogP contribution in [0.1, 0.15) is 47.4 Å². The predicted octanol–water partition coefficient (Wildman–Crippen LogP) is 4.07. The predicted molar refractivity (Wildman–Crippen MR) is 135 cm³/mol. The third-order valence-corrected chi connectivity index (χ3v) is 6.43. The van der Waals surface area contributed by atoms with Gasteiger partial charge in [0.2, 0.25) is 5.95 Å². The molecule has 1 amide bonds. The van der Waals surface area contributed by atoms with Crippen LogP contribution in [0, 0.1) is 6.92 Å². The Labute approximate surface area is 201 Å². The van der Waals surface area contributed by atoms with Crippen LogP contribution >= 0.6 is 23.5 Å². The van der Waals surface area contributed by atoms with Crippen LogP contribution in [0.4, 0.5) is 11.6 Å². The summed E-state index contributed by atoms with van der Waals surface area (Å²) in [6, 6.07) is 7.05. The maximum Gasteiger partial charge on any atom is 0.281 e. The van der Waals surface area contributed by atoms with Crippen molar-refractivity contribution < 1.29 is 4.79 Å². The highest BCUT2D eigenvalue weighted by Gasteiger charge is 2.22. The van der Waals surface area contributed by atoms with E-state index in [1.807, 2.05) is 26.0 Å². The summed E-state index contributed by atoms with van der Waals surface area (Å²) in [6.45, 7) is 5.73. The van der Waals surface area contributed by atoms with Crippen LogP contribution in [0.25, 0.3) is 10.9 Å². The van der Waals surface area contributed by atoms with Gasteiger partial charge in [0.25, 0.3) is 11.5 Å². The quantitative estimate of drug-likeness (QED) is 0.400. The molecule has 10 heteroatoms. The summed E-state index contributed by atoms with van der Waals surface area (Å²) < 4.78 is 4.33. The second-order valence-electron chi connectivity index (χ2n) is 8.25. The van der Waals surface area contributed by atoms with Crippen molar-refractivity contribution >= 4 is 52.0 Å². The summed E-state index contributed by atoms with van der Waals surface area (Å²) >= 11 is 7.24. The molecule has 1 fully saturated rings. The van der Waals surface area contributed by atoms with Crippen molar-refractivity contribution in [3.8, 4) is 0 Å². The van der Waals surface area contributed by atoms with Crippen LogP contribution < -0.4 is 20.5 Å². The van der Waals surface area contributed by atoms with Gasteiger partial charge in [0.15, 0.2) is 5.69 Å².